The van der Waals surface area contributed by atoms with E-state index in [0.29, 0.717) is 12.7 Å². The molecule has 0 aromatic heterocycles. The van der Waals surface area contributed by atoms with Gasteiger partial charge in [0.2, 0.25) is 0 Å². The molecule has 2 unspecified atom stereocenters. The van der Waals surface area contributed by atoms with Crippen LogP contribution in [-0.4, -0.2) is 30.7 Å². The molecule has 0 aromatic rings. The first kappa shape index (κ1) is 8.97. The van der Waals surface area contributed by atoms with Crippen molar-refractivity contribution in [2.45, 2.75) is 38.6 Å². The van der Waals surface area contributed by atoms with Crippen LogP contribution in [0.25, 0.3) is 0 Å². The Morgan fingerprint density at radius 2 is 2.45 bits per heavy atom. The van der Waals surface area contributed by atoms with Crippen LogP contribution < -0.4 is 0 Å². The van der Waals surface area contributed by atoms with Crippen molar-refractivity contribution < 1.29 is 14.6 Å². The molecule has 1 aliphatic heterocycles. The van der Waals surface area contributed by atoms with Gasteiger partial charge < -0.3 is 14.6 Å². The monoisotopic (exact) mass is 160 g/mol. The number of aliphatic hydroxyl groups excluding tert-OH is 1. The lowest BCUT2D eigenvalue weighted by Gasteiger charge is -2.09. The van der Waals surface area contributed by atoms with Crippen molar-refractivity contribution in [3.63, 3.8) is 0 Å². The van der Waals surface area contributed by atoms with Gasteiger partial charge in [0.25, 0.3) is 0 Å². The summed E-state index contributed by atoms with van der Waals surface area (Å²) in [7, 11) is 0. The van der Waals surface area contributed by atoms with E-state index >= 15 is 0 Å². The fourth-order valence-corrected chi connectivity index (χ4v) is 0.901. The maximum absolute atomic E-state index is 9.12. The predicted octanol–water partition coefficient (Wildman–Crippen LogP) is 0.910. The molecule has 1 N–H and O–H groups in total. The number of rotatable bonds is 6. The number of aliphatic hydroxyl groups is 1. The van der Waals surface area contributed by atoms with Gasteiger partial charge in [-0.1, -0.05) is 13.3 Å². The second-order valence-corrected chi connectivity index (χ2v) is 2.86. The molecule has 0 saturated carbocycles. The molecule has 0 bridgehead atoms. The van der Waals surface area contributed by atoms with Crippen molar-refractivity contribution >= 4 is 0 Å². The maximum Gasteiger partial charge on any atom is 0.154 e. The van der Waals surface area contributed by atoms with Gasteiger partial charge in [-0.2, -0.15) is 0 Å². The van der Waals surface area contributed by atoms with E-state index in [1.54, 1.807) is 0 Å². The lowest BCUT2D eigenvalue weighted by atomic mass is 10.3. The zero-order chi connectivity index (χ0) is 8.10. The summed E-state index contributed by atoms with van der Waals surface area (Å²) >= 11 is 0. The Morgan fingerprint density at radius 3 is 3.00 bits per heavy atom. The third-order valence-electron chi connectivity index (χ3n) is 1.69. The van der Waals surface area contributed by atoms with E-state index in [1.165, 1.54) is 0 Å². The van der Waals surface area contributed by atoms with Gasteiger partial charge in [0, 0.05) is 0 Å². The number of epoxide rings is 1. The second kappa shape index (κ2) is 4.70. The molecule has 0 aromatic carbocycles. The predicted molar refractivity (Wildman–Crippen MR) is 41.2 cm³/mol. The molecule has 0 radical (unpaired) electrons. The molecule has 1 saturated heterocycles. The molecule has 1 heterocycles. The molecule has 1 aliphatic rings. The highest BCUT2D eigenvalue weighted by Crippen LogP contribution is 2.13. The minimum Gasteiger partial charge on any atom is -0.373 e. The smallest absolute Gasteiger partial charge is 0.154 e. The summed E-state index contributed by atoms with van der Waals surface area (Å²) in [6.07, 6.45) is 2.44. The van der Waals surface area contributed by atoms with Crippen LogP contribution in [-0.2, 0) is 9.47 Å². The molecule has 0 aliphatic carbocycles. The topological polar surface area (TPSA) is 42.0 Å². The summed E-state index contributed by atoms with van der Waals surface area (Å²) in [6, 6.07) is 0. The fraction of sp³-hybridized carbons (Fsp3) is 1.00. The van der Waals surface area contributed by atoms with Crippen LogP contribution in [0.1, 0.15) is 26.2 Å². The number of hydrogen-bond donors (Lipinski definition) is 1. The molecule has 1 rings (SSSR count). The van der Waals surface area contributed by atoms with E-state index < -0.39 is 6.29 Å². The van der Waals surface area contributed by atoms with Gasteiger partial charge in [0.05, 0.1) is 19.3 Å². The van der Waals surface area contributed by atoms with Gasteiger partial charge in [-0.25, -0.2) is 0 Å². The normalized spacial score (nSPS) is 25.1. The van der Waals surface area contributed by atoms with Gasteiger partial charge in [-0.3, -0.25) is 0 Å². The first-order chi connectivity index (χ1) is 5.33. The molecular formula is C8H16O3. The van der Waals surface area contributed by atoms with E-state index in [1.807, 2.05) is 6.92 Å². The van der Waals surface area contributed by atoms with E-state index in [0.717, 1.165) is 25.9 Å². The van der Waals surface area contributed by atoms with Crippen molar-refractivity contribution in [3.05, 3.63) is 0 Å². The van der Waals surface area contributed by atoms with E-state index in [-0.39, 0.29) is 0 Å². The van der Waals surface area contributed by atoms with Gasteiger partial charge in [-0.15, -0.1) is 0 Å². The van der Waals surface area contributed by atoms with Crippen molar-refractivity contribution in [1.82, 2.24) is 0 Å². The third kappa shape index (κ3) is 4.35. The molecule has 2 atom stereocenters. The number of hydrogen-bond acceptors (Lipinski definition) is 3. The zero-order valence-electron chi connectivity index (χ0n) is 6.95. The molecule has 11 heavy (non-hydrogen) atoms. The minimum atomic E-state index is -0.571. The van der Waals surface area contributed by atoms with Crippen molar-refractivity contribution in [1.29, 1.82) is 0 Å². The van der Waals surface area contributed by atoms with Gasteiger partial charge in [0.1, 0.15) is 0 Å². The summed E-state index contributed by atoms with van der Waals surface area (Å²) < 4.78 is 10.1. The van der Waals surface area contributed by atoms with E-state index in [2.05, 4.69) is 0 Å². The lowest BCUT2D eigenvalue weighted by Crippen LogP contribution is -2.13. The van der Waals surface area contributed by atoms with Crippen LogP contribution in [0.15, 0.2) is 0 Å². The van der Waals surface area contributed by atoms with Crippen LogP contribution in [0.5, 0.6) is 0 Å². The molecule has 0 spiro atoms. The summed E-state index contributed by atoms with van der Waals surface area (Å²) in [5, 5.41) is 9.12. The Kier molecular flexibility index (Phi) is 3.83. The van der Waals surface area contributed by atoms with Crippen molar-refractivity contribution in [2.24, 2.45) is 0 Å². The highest BCUT2D eigenvalue weighted by atomic mass is 16.6. The first-order valence-corrected chi connectivity index (χ1v) is 4.24. The van der Waals surface area contributed by atoms with Gasteiger partial charge >= 0.3 is 0 Å². The summed E-state index contributed by atoms with van der Waals surface area (Å²) in [4.78, 5) is 0. The number of ether oxygens (including phenoxy) is 2. The molecule has 1 fully saturated rings. The minimum absolute atomic E-state index is 0.406. The van der Waals surface area contributed by atoms with Crippen LogP contribution >= 0.6 is 0 Å². The average molecular weight is 160 g/mol. The molecule has 66 valence electrons. The summed E-state index contributed by atoms with van der Waals surface area (Å²) in [5.41, 5.74) is 0. The molecular weight excluding hydrogens is 144 g/mol. The Labute approximate surface area is 67.3 Å². The summed E-state index contributed by atoms with van der Waals surface area (Å²) in [5.74, 6) is 0. The Hall–Kier alpha value is -0.120. The van der Waals surface area contributed by atoms with Crippen LogP contribution in [0.4, 0.5) is 0 Å². The lowest BCUT2D eigenvalue weighted by molar-refractivity contribution is -0.104. The Bertz CT molecular complexity index is 102. The Morgan fingerprint density at radius 1 is 1.73 bits per heavy atom. The Balaban J connectivity index is 1.84. The average Bonchev–Trinajstić information content (AvgIpc) is 2.72. The third-order valence-corrected chi connectivity index (χ3v) is 1.69. The molecule has 3 heteroatoms. The van der Waals surface area contributed by atoms with Crippen molar-refractivity contribution in [2.75, 3.05) is 13.2 Å². The van der Waals surface area contributed by atoms with Gasteiger partial charge in [0.15, 0.2) is 6.29 Å². The fourth-order valence-electron chi connectivity index (χ4n) is 0.901. The molecule has 0 amide bonds. The van der Waals surface area contributed by atoms with Crippen LogP contribution in [0.2, 0.25) is 0 Å². The first-order valence-electron chi connectivity index (χ1n) is 4.24. The zero-order valence-corrected chi connectivity index (χ0v) is 6.95. The van der Waals surface area contributed by atoms with Crippen LogP contribution in [0.3, 0.4) is 0 Å². The maximum atomic E-state index is 9.12. The van der Waals surface area contributed by atoms with Crippen LogP contribution in [0, 0.1) is 0 Å². The van der Waals surface area contributed by atoms with E-state index in [4.69, 9.17) is 14.6 Å². The van der Waals surface area contributed by atoms with E-state index in [9.17, 15) is 0 Å². The largest absolute Gasteiger partial charge is 0.373 e. The van der Waals surface area contributed by atoms with Crippen molar-refractivity contribution in [3.8, 4) is 0 Å². The van der Waals surface area contributed by atoms with Gasteiger partial charge in [-0.05, 0) is 12.8 Å². The highest BCUT2D eigenvalue weighted by Gasteiger charge is 2.21. The highest BCUT2D eigenvalue weighted by molar-refractivity contribution is 4.67. The second-order valence-electron chi connectivity index (χ2n) is 2.86. The SMILES string of the molecule is CCCC(O)OCCC1CO1. The summed E-state index contributed by atoms with van der Waals surface area (Å²) in [6.45, 7) is 3.51. The quantitative estimate of drug-likeness (QED) is 0.464. The standard InChI is InChI=1S/C8H16O3/c1-2-3-8(9)10-5-4-7-6-11-7/h7-9H,2-6H2,1H3. The molecule has 3 nitrogen and oxygen atoms in total.